The quantitative estimate of drug-likeness (QED) is 0.490. The van der Waals surface area contributed by atoms with E-state index in [0.29, 0.717) is 4.73 Å². The molecule has 19 heavy (non-hydrogen) atoms. The molecule has 0 bridgehead atoms. The maximum absolute atomic E-state index is 13.7. The van der Waals surface area contributed by atoms with Gasteiger partial charge in [-0.2, -0.15) is 4.73 Å². The molecule has 2 rings (SSSR count). The average Bonchev–Trinajstić information content (AvgIpc) is 2.32. The van der Waals surface area contributed by atoms with Crippen molar-refractivity contribution in [1.29, 1.82) is 0 Å². The number of carbonyl (C=O) groups is 1. The molecule has 1 aromatic heterocycles. The van der Waals surface area contributed by atoms with Crippen LogP contribution in [0.2, 0.25) is 0 Å². The first-order valence-electron chi connectivity index (χ1n) is 5.22. The van der Waals surface area contributed by atoms with Crippen molar-refractivity contribution in [2.24, 2.45) is 5.73 Å². The lowest BCUT2D eigenvalue weighted by molar-refractivity contribution is -0.604. The molecule has 7 heteroatoms. The molecule has 0 saturated heterocycles. The maximum atomic E-state index is 13.7. The van der Waals surface area contributed by atoms with Gasteiger partial charge < -0.3 is 16.3 Å². The number of aromatic nitrogens is 1. The average molecular weight is 373 g/mol. The van der Waals surface area contributed by atoms with E-state index in [0.717, 1.165) is 16.0 Å². The fourth-order valence-electron chi connectivity index (χ4n) is 1.53. The van der Waals surface area contributed by atoms with Crippen molar-refractivity contribution < 1.29 is 13.9 Å². The Labute approximate surface area is 122 Å². The monoisotopic (exact) mass is 373 g/mol. The molecule has 0 aliphatic carbocycles. The molecule has 98 valence electrons. The van der Waals surface area contributed by atoms with E-state index < -0.39 is 11.7 Å². The number of nitrogens with zero attached hydrogens (tertiary/aromatic N) is 1. The van der Waals surface area contributed by atoms with Gasteiger partial charge in [0.25, 0.3) is 5.91 Å². The number of carbonyl (C=O) groups excluding carboxylic acids is 1. The van der Waals surface area contributed by atoms with Gasteiger partial charge in [-0.25, -0.2) is 4.39 Å². The lowest BCUT2D eigenvalue weighted by atomic mass is 10.2. The maximum Gasteiger partial charge on any atom is 0.251 e. The summed E-state index contributed by atoms with van der Waals surface area (Å²) in [5.41, 5.74) is 5.63. The van der Waals surface area contributed by atoms with E-state index in [1.807, 2.05) is 22.6 Å². The molecule has 5 nitrogen and oxygen atoms in total. The highest BCUT2D eigenvalue weighted by atomic mass is 127. The van der Waals surface area contributed by atoms with Gasteiger partial charge in [0.2, 0.25) is 6.20 Å². The summed E-state index contributed by atoms with van der Waals surface area (Å²) in [6, 6.07) is 5.83. The summed E-state index contributed by atoms with van der Waals surface area (Å²) in [6.07, 6.45) is 2.27. The molecule has 0 aliphatic rings. The molecule has 0 unspecified atom stereocenters. The highest BCUT2D eigenvalue weighted by Crippen LogP contribution is 2.23. The number of hydrogen-bond donors (Lipinski definition) is 2. The standard InChI is InChI=1S/C12H9FIN3O2/c13-9-5-7(14)1-2-10(9)16-11-6-17(19)4-3-8(11)12(15)18/h1-6,16H,(H2,15,18). The largest absolute Gasteiger partial charge is 0.619 e. The number of rotatable bonds is 3. The molecule has 3 N–H and O–H groups in total. The summed E-state index contributed by atoms with van der Waals surface area (Å²) in [5, 5.41) is 13.9. The van der Waals surface area contributed by atoms with Crippen LogP contribution < -0.4 is 15.8 Å². The van der Waals surface area contributed by atoms with E-state index in [1.165, 1.54) is 18.2 Å². The third kappa shape index (κ3) is 3.11. The minimum atomic E-state index is -0.700. The van der Waals surface area contributed by atoms with E-state index in [4.69, 9.17) is 5.73 Å². The predicted octanol–water partition coefficient (Wildman–Crippen LogP) is 1.91. The van der Waals surface area contributed by atoms with E-state index in [-0.39, 0.29) is 16.9 Å². The van der Waals surface area contributed by atoms with Gasteiger partial charge in [0, 0.05) is 9.64 Å². The van der Waals surface area contributed by atoms with Crippen LogP contribution in [0.15, 0.2) is 36.7 Å². The van der Waals surface area contributed by atoms with Gasteiger partial charge in [0.15, 0.2) is 6.20 Å². The topological polar surface area (TPSA) is 82.1 Å². The van der Waals surface area contributed by atoms with E-state index in [9.17, 15) is 14.4 Å². The number of amides is 1. The number of primary amides is 1. The Kier molecular flexibility index (Phi) is 3.84. The molecular formula is C12H9FIN3O2. The smallest absolute Gasteiger partial charge is 0.251 e. The first kappa shape index (κ1) is 13.5. The number of anilines is 2. The van der Waals surface area contributed by atoms with Crippen LogP contribution >= 0.6 is 22.6 Å². The Morgan fingerprint density at radius 3 is 2.74 bits per heavy atom. The van der Waals surface area contributed by atoms with Gasteiger partial charge in [-0.05, 0) is 40.8 Å². The Bertz CT molecular complexity index is 649. The summed E-state index contributed by atoms with van der Waals surface area (Å²) >= 11 is 1.98. The molecule has 0 radical (unpaired) electrons. The Hall–Kier alpha value is -1.90. The van der Waals surface area contributed by atoms with E-state index in [2.05, 4.69) is 5.32 Å². The third-order valence-corrected chi connectivity index (χ3v) is 3.07. The molecule has 0 aliphatic heterocycles. The van der Waals surface area contributed by atoms with Gasteiger partial charge in [-0.1, -0.05) is 0 Å². The molecule has 1 amide bonds. The second kappa shape index (κ2) is 5.39. The first-order valence-corrected chi connectivity index (χ1v) is 6.30. The third-order valence-electron chi connectivity index (χ3n) is 2.40. The molecule has 0 saturated carbocycles. The number of pyridine rings is 1. The van der Waals surface area contributed by atoms with Crippen LogP contribution in [0.4, 0.5) is 15.8 Å². The normalized spacial score (nSPS) is 10.2. The zero-order valence-electron chi connectivity index (χ0n) is 9.56. The second-order valence-electron chi connectivity index (χ2n) is 3.75. The van der Waals surface area contributed by atoms with Gasteiger partial charge in [0.05, 0.1) is 11.3 Å². The minimum Gasteiger partial charge on any atom is -0.619 e. The number of nitrogens with two attached hydrogens (primary N) is 1. The number of hydrogen-bond acceptors (Lipinski definition) is 3. The Morgan fingerprint density at radius 2 is 2.11 bits per heavy atom. The van der Waals surface area contributed by atoms with E-state index in [1.54, 1.807) is 6.07 Å². The first-order chi connectivity index (χ1) is 8.97. The minimum absolute atomic E-state index is 0.116. The van der Waals surface area contributed by atoms with Crippen molar-refractivity contribution in [2.45, 2.75) is 0 Å². The van der Waals surface area contributed by atoms with Crippen molar-refractivity contribution in [3.63, 3.8) is 0 Å². The number of benzene rings is 1. The number of nitrogens with one attached hydrogen (secondary N) is 1. The van der Waals surface area contributed by atoms with Gasteiger partial charge in [-0.3, -0.25) is 4.79 Å². The summed E-state index contributed by atoms with van der Waals surface area (Å²) in [4.78, 5) is 11.2. The molecule has 1 heterocycles. The van der Waals surface area contributed by atoms with Crippen molar-refractivity contribution in [3.8, 4) is 0 Å². The van der Waals surface area contributed by atoms with Crippen molar-refractivity contribution in [1.82, 2.24) is 0 Å². The summed E-state index contributed by atoms with van der Waals surface area (Å²) in [7, 11) is 0. The molecule has 2 aromatic rings. The Balaban J connectivity index is 2.42. The van der Waals surface area contributed by atoms with Gasteiger partial charge >= 0.3 is 0 Å². The fraction of sp³-hybridized carbons (Fsp3) is 0. The predicted molar refractivity (Wildman–Crippen MR) is 76.3 cm³/mol. The van der Waals surface area contributed by atoms with Crippen LogP contribution in [0.5, 0.6) is 0 Å². The zero-order chi connectivity index (χ0) is 14.0. The summed E-state index contributed by atoms with van der Waals surface area (Å²) < 4.78 is 14.9. The molecule has 0 atom stereocenters. The fourth-order valence-corrected chi connectivity index (χ4v) is 1.98. The second-order valence-corrected chi connectivity index (χ2v) is 4.99. The molecular weight excluding hydrogens is 364 g/mol. The molecule has 0 fully saturated rings. The lowest BCUT2D eigenvalue weighted by Crippen LogP contribution is -2.27. The summed E-state index contributed by atoms with van der Waals surface area (Å²) in [5.74, 6) is -1.18. The van der Waals surface area contributed by atoms with Crippen LogP contribution in [-0.2, 0) is 0 Å². The molecule has 1 aromatic carbocycles. The van der Waals surface area contributed by atoms with Gasteiger partial charge in [-0.15, -0.1) is 0 Å². The highest BCUT2D eigenvalue weighted by molar-refractivity contribution is 14.1. The van der Waals surface area contributed by atoms with Crippen LogP contribution in [0.1, 0.15) is 10.4 Å². The SMILES string of the molecule is NC(=O)c1cc[n+]([O-])cc1Nc1ccc(I)cc1F. The highest BCUT2D eigenvalue weighted by Gasteiger charge is 2.13. The van der Waals surface area contributed by atoms with Crippen LogP contribution in [0.25, 0.3) is 0 Å². The summed E-state index contributed by atoms with van der Waals surface area (Å²) in [6.45, 7) is 0. The van der Waals surface area contributed by atoms with Crippen molar-refractivity contribution in [3.05, 3.63) is 56.8 Å². The lowest BCUT2D eigenvalue weighted by Gasteiger charge is -2.10. The van der Waals surface area contributed by atoms with E-state index >= 15 is 0 Å². The van der Waals surface area contributed by atoms with Crippen molar-refractivity contribution >= 4 is 39.9 Å². The van der Waals surface area contributed by atoms with Crippen molar-refractivity contribution in [2.75, 3.05) is 5.32 Å². The van der Waals surface area contributed by atoms with Crippen LogP contribution in [-0.4, -0.2) is 5.91 Å². The number of halogens is 2. The molecule has 0 spiro atoms. The zero-order valence-corrected chi connectivity index (χ0v) is 11.7. The van der Waals surface area contributed by atoms with Gasteiger partial charge in [0.1, 0.15) is 11.5 Å². The van der Waals surface area contributed by atoms with Crippen LogP contribution in [0, 0.1) is 14.6 Å². The Morgan fingerprint density at radius 1 is 1.37 bits per heavy atom. The van der Waals surface area contributed by atoms with Crippen LogP contribution in [0.3, 0.4) is 0 Å².